The van der Waals surface area contributed by atoms with Crippen molar-refractivity contribution in [3.8, 4) is 11.5 Å². The summed E-state index contributed by atoms with van der Waals surface area (Å²) >= 11 is 11.9. The Morgan fingerprint density at radius 2 is 1.74 bits per heavy atom. The van der Waals surface area contributed by atoms with Crippen molar-refractivity contribution >= 4 is 44.8 Å². The summed E-state index contributed by atoms with van der Waals surface area (Å²) in [6.07, 6.45) is 0.477. The van der Waals surface area contributed by atoms with E-state index in [-0.39, 0.29) is 77.6 Å². The quantitative estimate of drug-likeness (QED) is 0.530. The molecule has 0 unspecified atom stereocenters. The van der Waals surface area contributed by atoms with Crippen molar-refractivity contribution < 1.29 is 74.4 Å². The third-order valence-corrected chi connectivity index (χ3v) is 7.50. The molecule has 2 aromatic rings. The average molecular weight is 513 g/mol. The van der Waals surface area contributed by atoms with Gasteiger partial charge in [0.2, 0.25) is 10.0 Å². The van der Waals surface area contributed by atoms with Crippen LogP contribution in [-0.4, -0.2) is 38.8 Å². The minimum atomic E-state index is -3.76. The van der Waals surface area contributed by atoms with Gasteiger partial charge in [-0.3, -0.25) is 4.79 Å². The second-order valence-corrected chi connectivity index (χ2v) is 8.99. The van der Waals surface area contributed by atoms with E-state index in [1.54, 1.807) is 13.8 Å². The van der Waals surface area contributed by atoms with Crippen LogP contribution in [0.4, 0.5) is 5.69 Å². The number of anilines is 1. The summed E-state index contributed by atoms with van der Waals surface area (Å²) < 4.78 is 32.8. The van der Waals surface area contributed by atoms with Gasteiger partial charge in [-0.05, 0) is 30.2 Å². The first kappa shape index (κ1) is 28.7. The van der Waals surface area contributed by atoms with E-state index in [0.29, 0.717) is 30.8 Å². The smallest absolute Gasteiger partial charge is 0.871 e. The van der Waals surface area contributed by atoms with E-state index in [2.05, 4.69) is 5.32 Å². The van der Waals surface area contributed by atoms with Crippen LogP contribution in [0.1, 0.15) is 36.7 Å². The zero-order chi connectivity index (χ0) is 22.6. The van der Waals surface area contributed by atoms with Crippen LogP contribution in [0.15, 0.2) is 29.2 Å². The molecule has 0 fully saturated rings. The van der Waals surface area contributed by atoms with E-state index >= 15 is 0 Å². The van der Waals surface area contributed by atoms with Gasteiger partial charge in [0.05, 0.1) is 33.3 Å². The van der Waals surface area contributed by atoms with Gasteiger partial charge >= 0.3 is 51.4 Å². The van der Waals surface area contributed by atoms with Gasteiger partial charge in [0.1, 0.15) is 5.75 Å². The fourth-order valence-electron chi connectivity index (χ4n) is 3.01. The number of carbonyl (C=O) groups is 1. The minimum Gasteiger partial charge on any atom is -0.871 e. The molecule has 164 valence electrons. The van der Waals surface area contributed by atoms with Crippen LogP contribution in [0.2, 0.25) is 10.0 Å². The van der Waals surface area contributed by atoms with Gasteiger partial charge in [0.25, 0.3) is 5.91 Å². The van der Waals surface area contributed by atoms with Crippen molar-refractivity contribution in [1.82, 2.24) is 4.31 Å². The molecular formula is C20H23Cl2KN2O5S. The van der Waals surface area contributed by atoms with E-state index in [9.17, 15) is 18.3 Å². The first-order chi connectivity index (χ1) is 14.1. The first-order valence-corrected chi connectivity index (χ1v) is 11.5. The Morgan fingerprint density at radius 3 is 2.26 bits per heavy atom. The van der Waals surface area contributed by atoms with E-state index < -0.39 is 21.7 Å². The molecule has 0 atom stereocenters. The summed E-state index contributed by atoms with van der Waals surface area (Å²) in [5, 5.41) is 13.8. The number of carbonyl (C=O) groups excluding carboxylic acids is 1. The summed E-state index contributed by atoms with van der Waals surface area (Å²) in [4.78, 5) is 12.8. The third kappa shape index (κ3) is 6.16. The molecule has 0 saturated heterocycles. The number of nitrogens with zero attached hydrogens (tertiary/aromatic N) is 1. The van der Waals surface area contributed by atoms with E-state index in [0.717, 1.165) is 6.07 Å². The van der Waals surface area contributed by atoms with Crippen molar-refractivity contribution in [3.05, 3.63) is 45.4 Å². The topological polar surface area (TPSA) is 98.8 Å². The Hall–Kier alpha value is -0.364. The van der Waals surface area contributed by atoms with Gasteiger partial charge in [-0.25, -0.2) is 8.42 Å². The number of hydrogen-bond donors (Lipinski definition) is 1. The van der Waals surface area contributed by atoms with Gasteiger partial charge in [0.15, 0.2) is 0 Å². The molecule has 1 N–H and O–H groups in total. The molecule has 0 saturated carbocycles. The molecular weight excluding hydrogens is 490 g/mol. The SMILES string of the molecule is CCc1cc(S(=O)(=O)N(CC)CC)cc(NC(=O)c2ccc([O-])c(Cl)c2Cl)c1OC.[K+]. The maximum absolute atomic E-state index is 13.0. The van der Waals surface area contributed by atoms with Crippen LogP contribution in [0.25, 0.3) is 0 Å². The van der Waals surface area contributed by atoms with Gasteiger partial charge in [-0.2, -0.15) is 4.31 Å². The minimum absolute atomic E-state index is 0. The third-order valence-electron chi connectivity index (χ3n) is 4.61. The van der Waals surface area contributed by atoms with Crippen molar-refractivity contribution in [3.63, 3.8) is 0 Å². The first-order valence-electron chi connectivity index (χ1n) is 9.29. The predicted molar refractivity (Wildman–Crippen MR) is 116 cm³/mol. The predicted octanol–water partition coefficient (Wildman–Crippen LogP) is 0.925. The second-order valence-electron chi connectivity index (χ2n) is 6.30. The van der Waals surface area contributed by atoms with Crippen molar-refractivity contribution in [2.45, 2.75) is 32.1 Å². The number of halogens is 2. The molecule has 0 aliphatic heterocycles. The number of ether oxygens (including phenoxy) is 1. The van der Waals surface area contributed by atoms with Crippen molar-refractivity contribution in [2.75, 3.05) is 25.5 Å². The molecule has 2 rings (SSSR count). The molecule has 0 radical (unpaired) electrons. The molecule has 7 nitrogen and oxygen atoms in total. The Kier molecular flexibility index (Phi) is 11.3. The Morgan fingerprint density at radius 1 is 1.13 bits per heavy atom. The molecule has 0 aliphatic carbocycles. The number of aryl methyl sites for hydroxylation is 1. The summed E-state index contributed by atoms with van der Waals surface area (Å²) in [6, 6.07) is 5.29. The molecule has 1 amide bonds. The fraction of sp³-hybridized carbons (Fsp3) is 0.350. The number of amides is 1. The number of rotatable bonds is 8. The van der Waals surface area contributed by atoms with E-state index in [1.807, 2.05) is 6.92 Å². The van der Waals surface area contributed by atoms with Crippen LogP contribution < -0.4 is 66.5 Å². The largest absolute Gasteiger partial charge is 1.00 e. The summed E-state index contributed by atoms with van der Waals surface area (Å²) in [7, 11) is -2.33. The van der Waals surface area contributed by atoms with Gasteiger partial charge in [-0.1, -0.05) is 55.8 Å². The van der Waals surface area contributed by atoms with Gasteiger partial charge < -0.3 is 15.2 Å². The number of benzene rings is 2. The number of methoxy groups -OCH3 is 1. The Bertz CT molecular complexity index is 1060. The normalized spacial score (nSPS) is 11.2. The maximum Gasteiger partial charge on any atom is 1.00 e. The summed E-state index contributed by atoms with van der Waals surface area (Å²) in [5.41, 5.74) is 0.768. The standard InChI is InChI=1S/C20H24Cl2N2O5S.K/c1-5-12-10-13(30(27,28)24(6-2)7-3)11-15(19(12)29-4)23-20(26)14-8-9-16(25)18(22)17(14)21;/h8-11,25H,5-7H2,1-4H3,(H,23,26);/q;+1/p-1. The molecule has 0 spiro atoms. The van der Waals surface area contributed by atoms with Gasteiger partial charge in [-0.15, -0.1) is 0 Å². The number of nitrogens with one attached hydrogen (secondary N) is 1. The molecule has 31 heavy (non-hydrogen) atoms. The van der Waals surface area contributed by atoms with Crippen LogP contribution in [-0.2, 0) is 16.4 Å². The number of hydrogen-bond acceptors (Lipinski definition) is 5. The van der Waals surface area contributed by atoms with Crippen molar-refractivity contribution in [2.24, 2.45) is 0 Å². The van der Waals surface area contributed by atoms with Crippen LogP contribution in [0.5, 0.6) is 11.5 Å². The molecule has 0 aliphatic rings. The summed E-state index contributed by atoms with van der Waals surface area (Å²) in [6.45, 7) is 5.97. The molecule has 0 heterocycles. The maximum atomic E-state index is 13.0. The Labute approximate surface area is 235 Å². The van der Waals surface area contributed by atoms with Crippen LogP contribution in [0.3, 0.4) is 0 Å². The number of sulfonamides is 1. The van der Waals surface area contributed by atoms with Crippen molar-refractivity contribution in [1.29, 1.82) is 0 Å². The zero-order valence-electron chi connectivity index (χ0n) is 18.1. The Balaban J connectivity index is 0.00000480. The second kappa shape index (κ2) is 12.2. The monoisotopic (exact) mass is 512 g/mol. The van der Waals surface area contributed by atoms with Gasteiger partial charge in [0, 0.05) is 13.1 Å². The summed E-state index contributed by atoms with van der Waals surface area (Å²) in [5.74, 6) is -0.817. The van der Waals surface area contributed by atoms with E-state index in [1.165, 1.54) is 29.6 Å². The molecule has 0 bridgehead atoms. The van der Waals surface area contributed by atoms with E-state index in [4.69, 9.17) is 27.9 Å². The fourth-order valence-corrected chi connectivity index (χ4v) is 4.96. The average Bonchev–Trinajstić information content (AvgIpc) is 2.71. The zero-order valence-corrected chi connectivity index (χ0v) is 23.5. The van der Waals surface area contributed by atoms with Crippen LogP contribution >= 0.6 is 23.2 Å². The molecule has 11 heteroatoms. The van der Waals surface area contributed by atoms with Crippen LogP contribution in [0, 0.1) is 0 Å². The molecule has 2 aromatic carbocycles. The molecule has 0 aromatic heterocycles.